The average Bonchev–Trinajstić information content (AvgIpc) is 3.11. The lowest BCUT2D eigenvalue weighted by Crippen LogP contribution is -2.12. The van der Waals surface area contributed by atoms with Crippen molar-refractivity contribution in [2.75, 3.05) is 20.3 Å². The van der Waals surface area contributed by atoms with Crippen LogP contribution in [0, 0.1) is 0 Å². The van der Waals surface area contributed by atoms with Crippen LogP contribution in [0.25, 0.3) is 5.70 Å². The van der Waals surface area contributed by atoms with E-state index in [0.29, 0.717) is 5.69 Å². The van der Waals surface area contributed by atoms with Gasteiger partial charge in [-0.2, -0.15) is 13.2 Å². The number of hydrogen-bond acceptors (Lipinski definition) is 5. The number of carboxylic acid groups (broad SMARTS) is 1. The standard InChI is InChI=1S/C19H19F3N2O5/c1-13(27-2)17(18(25)26)24-8-4-6-15(24)12-23-29-10-9-28-16-7-3-5-14(11-16)19(20,21)22/h3-8,11-12H,9-10H2,1-2H3,(H,25,26). The Morgan fingerprint density at radius 1 is 1.24 bits per heavy atom. The fourth-order valence-corrected chi connectivity index (χ4v) is 2.33. The molecule has 2 aromatic rings. The van der Waals surface area contributed by atoms with Gasteiger partial charge in [0.1, 0.15) is 18.1 Å². The van der Waals surface area contributed by atoms with Crippen molar-refractivity contribution in [3.8, 4) is 5.75 Å². The summed E-state index contributed by atoms with van der Waals surface area (Å²) < 4.78 is 49.5. The smallest absolute Gasteiger partial charge is 0.416 e. The Morgan fingerprint density at radius 2 is 2.00 bits per heavy atom. The van der Waals surface area contributed by atoms with Crippen LogP contribution in [-0.2, 0) is 20.5 Å². The van der Waals surface area contributed by atoms with Crippen LogP contribution in [-0.4, -0.2) is 42.2 Å². The topological polar surface area (TPSA) is 82.3 Å². The van der Waals surface area contributed by atoms with E-state index in [9.17, 15) is 23.1 Å². The number of carbonyl (C=O) groups is 1. The Morgan fingerprint density at radius 3 is 2.66 bits per heavy atom. The fourth-order valence-electron chi connectivity index (χ4n) is 2.33. The highest BCUT2D eigenvalue weighted by Gasteiger charge is 2.30. The van der Waals surface area contributed by atoms with Gasteiger partial charge in [-0.25, -0.2) is 4.79 Å². The molecule has 1 heterocycles. The molecule has 0 amide bonds. The number of rotatable bonds is 9. The molecule has 0 aliphatic rings. The Bertz CT molecular complexity index is 903. The summed E-state index contributed by atoms with van der Waals surface area (Å²) in [5.41, 5.74) is -0.451. The molecule has 0 fully saturated rings. The van der Waals surface area contributed by atoms with Crippen molar-refractivity contribution in [1.82, 2.24) is 4.57 Å². The third-order valence-electron chi connectivity index (χ3n) is 3.73. The van der Waals surface area contributed by atoms with Gasteiger partial charge in [-0.05, 0) is 37.3 Å². The molecule has 0 aliphatic carbocycles. The minimum Gasteiger partial charge on any atom is -0.499 e. The summed E-state index contributed by atoms with van der Waals surface area (Å²) in [6.45, 7) is 1.47. The molecule has 0 bridgehead atoms. The highest BCUT2D eigenvalue weighted by Crippen LogP contribution is 2.31. The van der Waals surface area contributed by atoms with Crippen molar-refractivity contribution in [3.05, 3.63) is 59.6 Å². The number of aliphatic carboxylic acids is 1. The number of ether oxygens (including phenoxy) is 2. The predicted octanol–water partition coefficient (Wildman–Crippen LogP) is 3.86. The summed E-state index contributed by atoms with van der Waals surface area (Å²) >= 11 is 0. The Balaban J connectivity index is 1.91. The number of nitrogens with zero attached hydrogens (tertiary/aromatic N) is 2. The summed E-state index contributed by atoms with van der Waals surface area (Å²) in [6.07, 6.45) is -1.61. The monoisotopic (exact) mass is 412 g/mol. The van der Waals surface area contributed by atoms with Crippen LogP contribution in [0.1, 0.15) is 18.2 Å². The van der Waals surface area contributed by atoms with Gasteiger partial charge >= 0.3 is 12.1 Å². The highest BCUT2D eigenvalue weighted by molar-refractivity contribution is 6.10. The quantitative estimate of drug-likeness (QED) is 0.222. The predicted molar refractivity (Wildman–Crippen MR) is 98.5 cm³/mol. The molecule has 0 aliphatic heterocycles. The lowest BCUT2D eigenvalue weighted by molar-refractivity contribution is -0.137. The van der Waals surface area contributed by atoms with E-state index in [0.717, 1.165) is 12.1 Å². The third-order valence-corrected chi connectivity index (χ3v) is 3.73. The van der Waals surface area contributed by atoms with E-state index >= 15 is 0 Å². The van der Waals surface area contributed by atoms with E-state index in [1.165, 1.54) is 43.1 Å². The normalized spacial score (nSPS) is 12.6. The third kappa shape index (κ3) is 6.03. The Labute approximate surface area is 164 Å². The van der Waals surface area contributed by atoms with Crippen LogP contribution in [0.15, 0.2) is 53.5 Å². The molecule has 1 N–H and O–H groups in total. The molecule has 0 atom stereocenters. The summed E-state index contributed by atoms with van der Waals surface area (Å²) in [5.74, 6) is -0.906. The van der Waals surface area contributed by atoms with E-state index in [1.807, 2.05) is 0 Å². The molecule has 0 unspecified atom stereocenters. The molecule has 0 saturated heterocycles. The van der Waals surface area contributed by atoms with Gasteiger partial charge in [0.15, 0.2) is 12.3 Å². The number of oxime groups is 1. The van der Waals surface area contributed by atoms with Gasteiger partial charge in [0.25, 0.3) is 0 Å². The van der Waals surface area contributed by atoms with Crippen molar-refractivity contribution in [2.24, 2.45) is 5.16 Å². The van der Waals surface area contributed by atoms with E-state index in [4.69, 9.17) is 14.3 Å². The second kappa shape index (κ2) is 9.67. The van der Waals surface area contributed by atoms with E-state index in [1.54, 1.807) is 12.1 Å². The molecule has 2 rings (SSSR count). The lowest BCUT2D eigenvalue weighted by atomic mass is 10.2. The van der Waals surface area contributed by atoms with Crippen molar-refractivity contribution < 1.29 is 37.4 Å². The van der Waals surface area contributed by atoms with Crippen molar-refractivity contribution in [3.63, 3.8) is 0 Å². The number of allylic oxidation sites excluding steroid dienone is 1. The van der Waals surface area contributed by atoms with Gasteiger partial charge < -0.3 is 24.0 Å². The van der Waals surface area contributed by atoms with Gasteiger partial charge in [-0.15, -0.1) is 0 Å². The average molecular weight is 412 g/mol. The van der Waals surface area contributed by atoms with E-state index < -0.39 is 17.7 Å². The van der Waals surface area contributed by atoms with Gasteiger partial charge in [0.2, 0.25) is 0 Å². The van der Waals surface area contributed by atoms with E-state index in [-0.39, 0.29) is 30.4 Å². The maximum atomic E-state index is 12.7. The second-order valence-electron chi connectivity index (χ2n) is 5.66. The number of benzene rings is 1. The zero-order chi connectivity index (χ0) is 21.4. The number of hydrogen-bond donors (Lipinski definition) is 1. The summed E-state index contributed by atoms with van der Waals surface area (Å²) in [6, 6.07) is 7.76. The van der Waals surface area contributed by atoms with Crippen molar-refractivity contribution >= 4 is 17.9 Å². The Hall–Kier alpha value is -3.43. The maximum Gasteiger partial charge on any atom is 0.416 e. The molecule has 10 heteroatoms. The van der Waals surface area contributed by atoms with Crippen LogP contribution in [0.4, 0.5) is 13.2 Å². The minimum absolute atomic E-state index is 0.0216. The van der Waals surface area contributed by atoms with Crippen LogP contribution in [0.2, 0.25) is 0 Å². The zero-order valence-corrected chi connectivity index (χ0v) is 15.6. The highest BCUT2D eigenvalue weighted by atomic mass is 19.4. The second-order valence-corrected chi connectivity index (χ2v) is 5.66. The number of alkyl halides is 3. The van der Waals surface area contributed by atoms with Gasteiger partial charge in [-0.3, -0.25) is 0 Å². The molecule has 156 valence electrons. The number of aromatic nitrogens is 1. The zero-order valence-electron chi connectivity index (χ0n) is 15.6. The number of methoxy groups -OCH3 is 1. The molecule has 0 saturated carbocycles. The first-order chi connectivity index (χ1) is 13.7. The molecule has 29 heavy (non-hydrogen) atoms. The molecule has 0 radical (unpaired) electrons. The first kappa shape index (κ1) is 21.9. The Kier molecular flexibility index (Phi) is 7.29. The largest absolute Gasteiger partial charge is 0.499 e. The number of halogens is 3. The van der Waals surface area contributed by atoms with Crippen LogP contribution in [0.5, 0.6) is 5.75 Å². The van der Waals surface area contributed by atoms with Crippen LogP contribution >= 0.6 is 0 Å². The maximum absolute atomic E-state index is 12.7. The SMILES string of the molecule is COC(C)=C(C(=O)O)n1cccc1C=NOCCOc1cccc(C(F)(F)F)c1. The molecular weight excluding hydrogens is 393 g/mol. The molecule has 1 aromatic heterocycles. The summed E-state index contributed by atoms with van der Waals surface area (Å²) in [5, 5.41) is 13.1. The fraction of sp³-hybridized carbons (Fsp3) is 0.263. The number of carboxylic acids is 1. The van der Waals surface area contributed by atoms with E-state index in [2.05, 4.69) is 5.16 Å². The molecule has 0 spiro atoms. The molecular formula is C19H19F3N2O5. The molecule has 7 nitrogen and oxygen atoms in total. The first-order valence-electron chi connectivity index (χ1n) is 8.35. The van der Waals surface area contributed by atoms with Gasteiger partial charge in [0.05, 0.1) is 24.6 Å². The lowest BCUT2D eigenvalue weighted by Gasteiger charge is -2.10. The first-order valence-corrected chi connectivity index (χ1v) is 8.35. The minimum atomic E-state index is -4.44. The summed E-state index contributed by atoms with van der Waals surface area (Å²) in [7, 11) is 1.36. The van der Waals surface area contributed by atoms with Crippen LogP contribution in [0.3, 0.4) is 0 Å². The molecule has 1 aromatic carbocycles. The summed E-state index contributed by atoms with van der Waals surface area (Å²) in [4.78, 5) is 16.5. The van der Waals surface area contributed by atoms with Crippen molar-refractivity contribution in [2.45, 2.75) is 13.1 Å². The van der Waals surface area contributed by atoms with Crippen LogP contribution < -0.4 is 4.74 Å². The van der Waals surface area contributed by atoms with Gasteiger partial charge in [-0.1, -0.05) is 11.2 Å². The van der Waals surface area contributed by atoms with Gasteiger partial charge in [0, 0.05) is 6.20 Å². The van der Waals surface area contributed by atoms with Crippen molar-refractivity contribution in [1.29, 1.82) is 0 Å².